The van der Waals surface area contributed by atoms with Gasteiger partial charge >= 0.3 is 0 Å². The molecule has 0 fully saturated rings. The lowest BCUT2D eigenvalue weighted by molar-refractivity contribution is 0.0727. The molecule has 0 bridgehead atoms. The summed E-state index contributed by atoms with van der Waals surface area (Å²) >= 11 is 18.1. The lowest BCUT2D eigenvalue weighted by Gasteiger charge is -2.14. The van der Waals surface area contributed by atoms with E-state index in [9.17, 15) is 13.5 Å². The van der Waals surface area contributed by atoms with Gasteiger partial charge in [-0.2, -0.15) is 5.10 Å². The highest BCUT2D eigenvalue weighted by Crippen LogP contribution is 2.44. The summed E-state index contributed by atoms with van der Waals surface area (Å²) in [4.78, 5) is 1.97. The lowest BCUT2D eigenvalue weighted by atomic mass is 10.1. The van der Waals surface area contributed by atoms with Crippen molar-refractivity contribution in [2.24, 2.45) is 0 Å². The molecule has 4 aromatic rings. The number of para-hydroxylation sites is 1. The standard InChI is InChI=1S/C23H19BrCl2N2O3S2/c1-23(2,29)22-19(24)21(28(27-22)20-15(25)8-5-9-16(20)26)18-11-10-17(32-18)13-6-4-7-14(12-13)33(3,30)31/h4-12,29H,1-3H3. The van der Waals surface area contributed by atoms with Crippen molar-refractivity contribution in [2.45, 2.75) is 24.3 Å². The van der Waals surface area contributed by atoms with Crippen LogP contribution in [-0.2, 0) is 15.4 Å². The van der Waals surface area contributed by atoms with Gasteiger partial charge in [0.05, 0.1) is 30.0 Å². The largest absolute Gasteiger partial charge is 0.384 e. The second-order valence-corrected chi connectivity index (χ2v) is 12.7. The van der Waals surface area contributed by atoms with Crippen LogP contribution in [0.4, 0.5) is 0 Å². The van der Waals surface area contributed by atoms with Crippen molar-refractivity contribution in [1.82, 2.24) is 9.78 Å². The SMILES string of the molecule is CC(C)(O)c1nn(-c2c(Cl)cccc2Cl)c(-c2ccc(-c3cccc(S(C)(=O)=O)c3)s2)c1Br. The van der Waals surface area contributed by atoms with Gasteiger partial charge in [-0.1, -0.05) is 41.4 Å². The van der Waals surface area contributed by atoms with E-state index in [1.807, 2.05) is 18.2 Å². The number of sulfone groups is 1. The molecule has 5 nitrogen and oxygen atoms in total. The molecule has 2 aromatic carbocycles. The predicted molar refractivity (Wildman–Crippen MR) is 138 cm³/mol. The van der Waals surface area contributed by atoms with Crippen molar-refractivity contribution in [2.75, 3.05) is 6.26 Å². The number of aromatic nitrogens is 2. The van der Waals surface area contributed by atoms with E-state index in [1.165, 1.54) is 17.6 Å². The van der Waals surface area contributed by atoms with Crippen LogP contribution in [0.15, 0.2) is 64.0 Å². The van der Waals surface area contributed by atoms with E-state index in [-0.39, 0.29) is 4.90 Å². The molecule has 0 saturated carbocycles. The van der Waals surface area contributed by atoms with E-state index < -0.39 is 15.4 Å². The molecule has 0 amide bonds. The van der Waals surface area contributed by atoms with Crippen LogP contribution in [0.25, 0.3) is 26.7 Å². The van der Waals surface area contributed by atoms with Gasteiger partial charge in [0.15, 0.2) is 9.84 Å². The maximum atomic E-state index is 12.0. The third kappa shape index (κ3) is 4.78. The Kier molecular flexibility index (Phi) is 6.54. The van der Waals surface area contributed by atoms with Crippen molar-refractivity contribution in [1.29, 1.82) is 0 Å². The number of hydrogen-bond acceptors (Lipinski definition) is 5. The quantitative estimate of drug-likeness (QED) is 0.274. The zero-order chi connectivity index (χ0) is 24.1. The molecule has 172 valence electrons. The summed E-state index contributed by atoms with van der Waals surface area (Å²) < 4.78 is 26.2. The Labute approximate surface area is 214 Å². The van der Waals surface area contributed by atoms with Gasteiger partial charge in [-0.05, 0) is 71.7 Å². The molecule has 0 aliphatic carbocycles. The average Bonchev–Trinajstić information content (AvgIpc) is 3.32. The summed E-state index contributed by atoms with van der Waals surface area (Å²) in [7, 11) is -3.32. The fourth-order valence-electron chi connectivity index (χ4n) is 3.36. The predicted octanol–water partition coefficient (Wildman–Crippen LogP) is 6.97. The monoisotopic (exact) mass is 584 g/mol. The van der Waals surface area contributed by atoms with Crippen LogP contribution < -0.4 is 0 Å². The first-order chi connectivity index (χ1) is 15.4. The van der Waals surface area contributed by atoms with E-state index in [2.05, 4.69) is 21.0 Å². The average molecular weight is 586 g/mol. The molecule has 0 atom stereocenters. The summed E-state index contributed by atoms with van der Waals surface area (Å²) in [6.45, 7) is 3.30. The number of aliphatic hydroxyl groups is 1. The Morgan fingerprint density at radius 2 is 1.64 bits per heavy atom. The zero-order valence-corrected chi connectivity index (χ0v) is 22.5. The molecule has 0 spiro atoms. The number of hydrogen-bond donors (Lipinski definition) is 1. The van der Waals surface area contributed by atoms with E-state index >= 15 is 0 Å². The van der Waals surface area contributed by atoms with Crippen LogP contribution in [0.5, 0.6) is 0 Å². The Bertz CT molecular complexity index is 1450. The van der Waals surface area contributed by atoms with Crippen molar-refractivity contribution >= 4 is 60.3 Å². The molecule has 2 heterocycles. The maximum Gasteiger partial charge on any atom is 0.175 e. The highest BCUT2D eigenvalue weighted by molar-refractivity contribution is 9.10. The third-order valence-electron chi connectivity index (χ3n) is 4.94. The van der Waals surface area contributed by atoms with Crippen molar-refractivity contribution in [3.63, 3.8) is 0 Å². The first kappa shape index (κ1) is 24.4. The van der Waals surface area contributed by atoms with E-state index in [0.717, 1.165) is 15.3 Å². The molecule has 1 N–H and O–H groups in total. The summed E-state index contributed by atoms with van der Waals surface area (Å²) in [5.74, 6) is 0. The molecule has 0 aliphatic heterocycles. The van der Waals surface area contributed by atoms with Gasteiger partial charge in [0.25, 0.3) is 0 Å². The van der Waals surface area contributed by atoms with Crippen LogP contribution in [0.1, 0.15) is 19.5 Å². The smallest absolute Gasteiger partial charge is 0.175 e. The minimum absolute atomic E-state index is 0.258. The van der Waals surface area contributed by atoms with Crippen LogP contribution in [0.2, 0.25) is 10.0 Å². The van der Waals surface area contributed by atoms with Crippen LogP contribution in [0.3, 0.4) is 0 Å². The van der Waals surface area contributed by atoms with Gasteiger partial charge < -0.3 is 5.11 Å². The van der Waals surface area contributed by atoms with E-state index in [4.69, 9.17) is 23.2 Å². The van der Waals surface area contributed by atoms with Gasteiger partial charge in [-0.3, -0.25) is 0 Å². The fraction of sp³-hybridized carbons (Fsp3) is 0.174. The molecule has 0 saturated heterocycles. The zero-order valence-electron chi connectivity index (χ0n) is 17.8. The van der Waals surface area contributed by atoms with Crippen LogP contribution in [-0.4, -0.2) is 29.6 Å². The summed E-state index contributed by atoms with van der Waals surface area (Å²) in [5.41, 5.74) is 1.17. The lowest BCUT2D eigenvalue weighted by Crippen LogP contribution is -2.17. The molecule has 10 heteroatoms. The second-order valence-electron chi connectivity index (χ2n) is 8.02. The second kappa shape index (κ2) is 8.83. The summed E-state index contributed by atoms with van der Waals surface area (Å²) in [5, 5.41) is 16.2. The minimum Gasteiger partial charge on any atom is -0.384 e. The van der Waals surface area contributed by atoms with Gasteiger partial charge in [-0.25, -0.2) is 13.1 Å². The molecule has 0 unspecified atom stereocenters. The number of benzene rings is 2. The number of thiophene rings is 1. The maximum absolute atomic E-state index is 12.0. The molecule has 33 heavy (non-hydrogen) atoms. The molecule has 0 aliphatic rings. The normalized spacial score (nSPS) is 12.3. The van der Waals surface area contributed by atoms with E-state index in [1.54, 1.807) is 54.9 Å². The number of rotatable bonds is 5. The molecule has 4 rings (SSSR count). The minimum atomic E-state index is -3.32. The van der Waals surface area contributed by atoms with Gasteiger partial charge in [0, 0.05) is 11.1 Å². The van der Waals surface area contributed by atoms with E-state index in [0.29, 0.717) is 31.6 Å². The Balaban J connectivity index is 1.93. The molecular weight excluding hydrogens is 567 g/mol. The number of halogens is 3. The van der Waals surface area contributed by atoms with Gasteiger partial charge in [-0.15, -0.1) is 11.3 Å². The summed E-state index contributed by atoms with van der Waals surface area (Å²) in [6, 6.07) is 15.9. The molecule has 0 radical (unpaired) electrons. The summed E-state index contributed by atoms with van der Waals surface area (Å²) in [6.07, 6.45) is 1.19. The van der Waals surface area contributed by atoms with Crippen molar-refractivity contribution in [3.05, 3.63) is 74.8 Å². The first-order valence-electron chi connectivity index (χ1n) is 9.74. The van der Waals surface area contributed by atoms with Gasteiger partial charge in [0.1, 0.15) is 17.0 Å². The van der Waals surface area contributed by atoms with Crippen molar-refractivity contribution < 1.29 is 13.5 Å². The highest BCUT2D eigenvalue weighted by Gasteiger charge is 2.30. The first-order valence-corrected chi connectivity index (χ1v) is 14.0. The Morgan fingerprint density at radius 1 is 1.03 bits per heavy atom. The molecule has 2 aromatic heterocycles. The van der Waals surface area contributed by atoms with Gasteiger partial charge in [0.2, 0.25) is 0 Å². The molecular formula is C23H19BrCl2N2O3S2. The number of nitrogens with zero attached hydrogens (tertiary/aromatic N) is 2. The Hall–Kier alpha value is -1.68. The fourth-order valence-corrected chi connectivity index (χ4v) is 6.70. The van der Waals surface area contributed by atoms with Crippen LogP contribution in [0, 0.1) is 0 Å². The van der Waals surface area contributed by atoms with Crippen LogP contribution >= 0.6 is 50.5 Å². The Morgan fingerprint density at radius 3 is 2.24 bits per heavy atom. The van der Waals surface area contributed by atoms with Crippen molar-refractivity contribution in [3.8, 4) is 26.7 Å². The topological polar surface area (TPSA) is 72.2 Å². The third-order valence-corrected chi connectivity index (χ3v) is 8.55. The highest BCUT2D eigenvalue weighted by atomic mass is 79.9.